The summed E-state index contributed by atoms with van der Waals surface area (Å²) >= 11 is 1.30. The number of aromatic nitrogens is 1. The van der Waals surface area contributed by atoms with Gasteiger partial charge in [-0.25, -0.2) is 4.98 Å². The SMILES string of the molecule is CC(=O)C(=CN(C)C)C(=O)Nc1nccs1. The lowest BCUT2D eigenvalue weighted by atomic mass is 10.2. The van der Waals surface area contributed by atoms with Crippen molar-refractivity contribution >= 4 is 28.2 Å². The third-order valence-corrected chi connectivity index (χ3v) is 2.35. The molecule has 1 aromatic rings. The van der Waals surface area contributed by atoms with Gasteiger partial charge in [0.05, 0.1) is 5.57 Å². The predicted octanol–water partition coefficient (Wildman–Crippen LogP) is 1.12. The predicted molar refractivity (Wildman–Crippen MR) is 63.2 cm³/mol. The zero-order valence-electron chi connectivity index (χ0n) is 9.35. The molecule has 6 heteroatoms. The van der Waals surface area contributed by atoms with Gasteiger partial charge in [-0.15, -0.1) is 11.3 Å². The summed E-state index contributed by atoms with van der Waals surface area (Å²) in [6.07, 6.45) is 3.08. The van der Waals surface area contributed by atoms with Crippen LogP contribution in [0, 0.1) is 0 Å². The normalized spacial score (nSPS) is 11.1. The first-order chi connectivity index (χ1) is 7.50. The first-order valence-electron chi connectivity index (χ1n) is 4.60. The maximum absolute atomic E-state index is 11.7. The summed E-state index contributed by atoms with van der Waals surface area (Å²) in [7, 11) is 3.50. The van der Waals surface area contributed by atoms with Gasteiger partial charge in [0.2, 0.25) is 0 Å². The van der Waals surface area contributed by atoms with Crippen molar-refractivity contribution in [2.45, 2.75) is 6.92 Å². The Morgan fingerprint density at radius 3 is 2.62 bits per heavy atom. The lowest BCUT2D eigenvalue weighted by Crippen LogP contribution is -2.21. The Balaban J connectivity index is 2.80. The van der Waals surface area contributed by atoms with E-state index in [0.29, 0.717) is 5.13 Å². The molecule has 0 spiro atoms. The molecule has 0 atom stereocenters. The topological polar surface area (TPSA) is 62.3 Å². The number of carbonyl (C=O) groups is 2. The van der Waals surface area contributed by atoms with Crippen molar-refractivity contribution in [2.24, 2.45) is 0 Å². The number of carbonyl (C=O) groups excluding carboxylic acids is 2. The molecule has 1 aromatic heterocycles. The Bertz CT molecular complexity index is 410. The van der Waals surface area contributed by atoms with Gasteiger partial charge in [-0.2, -0.15) is 0 Å². The molecule has 0 aromatic carbocycles. The quantitative estimate of drug-likeness (QED) is 0.486. The van der Waals surface area contributed by atoms with E-state index in [2.05, 4.69) is 10.3 Å². The van der Waals surface area contributed by atoms with Crippen LogP contribution in [0.25, 0.3) is 0 Å². The molecule has 16 heavy (non-hydrogen) atoms. The van der Waals surface area contributed by atoms with Crippen LogP contribution in [0.5, 0.6) is 0 Å². The molecule has 86 valence electrons. The van der Waals surface area contributed by atoms with Crippen molar-refractivity contribution < 1.29 is 9.59 Å². The van der Waals surface area contributed by atoms with Crippen molar-refractivity contribution in [3.05, 3.63) is 23.3 Å². The molecule has 1 amide bonds. The number of thiazole rings is 1. The third kappa shape index (κ3) is 3.47. The number of anilines is 1. The highest BCUT2D eigenvalue weighted by Crippen LogP contribution is 2.12. The molecule has 1 heterocycles. The fourth-order valence-electron chi connectivity index (χ4n) is 1.02. The highest BCUT2D eigenvalue weighted by molar-refractivity contribution is 7.13. The molecule has 0 fully saturated rings. The van der Waals surface area contributed by atoms with E-state index in [4.69, 9.17) is 0 Å². The summed E-state index contributed by atoms with van der Waals surface area (Å²) < 4.78 is 0. The summed E-state index contributed by atoms with van der Waals surface area (Å²) in [6, 6.07) is 0. The van der Waals surface area contributed by atoms with Gasteiger partial charge in [-0.3, -0.25) is 14.9 Å². The summed E-state index contributed by atoms with van der Waals surface area (Å²) in [5, 5.41) is 4.79. The van der Waals surface area contributed by atoms with Gasteiger partial charge in [0.1, 0.15) is 0 Å². The second-order valence-corrected chi connectivity index (χ2v) is 4.25. The van der Waals surface area contributed by atoms with Gasteiger partial charge in [-0.05, 0) is 6.92 Å². The molecular formula is C10H13N3O2S. The number of nitrogens with zero attached hydrogens (tertiary/aromatic N) is 2. The minimum atomic E-state index is -0.434. The number of amides is 1. The van der Waals surface area contributed by atoms with Crippen LogP contribution in [0.15, 0.2) is 23.3 Å². The number of hydrogen-bond acceptors (Lipinski definition) is 5. The first-order valence-corrected chi connectivity index (χ1v) is 5.48. The van der Waals surface area contributed by atoms with E-state index in [-0.39, 0.29) is 11.4 Å². The fourth-order valence-corrected chi connectivity index (χ4v) is 1.54. The van der Waals surface area contributed by atoms with Crippen molar-refractivity contribution in [3.8, 4) is 0 Å². The number of Topliss-reactive ketones (excluding diaryl/α,β-unsaturated/α-hetero) is 1. The summed E-state index contributed by atoms with van der Waals surface area (Å²) in [4.78, 5) is 28.6. The van der Waals surface area contributed by atoms with Gasteiger partial charge in [0.15, 0.2) is 10.9 Å². The summed E-state index contributed by atoms with van der Waals surface area (Å²) in [5.41, 5.74) is 0.111. The van der Waals surface area contributed by atoms with Crippen LogP contribution < -0.4 is 5.32 Å². The molecule has 0 aliphatic heterocycles. The molecule has 5 nitrogen and oxygen atoms in total. The number of hydrogen-bond donors (Lipinski definition) is 1. The van der Waals surface area contributed by atoms with Crippen molar-refractivity contribution in [1.29, 1.82) is 0 Å². The highest BCUT2D eigenvalue weighted by Gasteiger charge is 2.15. The van der Waals surface area contributed by atoms with Crippen LogP contribution in [-0.2, 0) is 9.59 Å². The van der Waals surface area contributed by atoms with Crippen LogP contribution >= 0.6 is 11.3 Å². The van der Waals surface area contributed by atoms with Crippen molar-refractivity contribution in [2.75, 3.05) is 19.4 Å². The zero-order valence-corrected chi connectivity index (χ0v) is 10.2. The second-order valence-electron chi connectivity index (χ2n) is 3.35. The Morgan fingerprint density at radius 1 is 1.50 bits per heavy atom. The second kappa shape index (κ2) is 5.41. The van der Waals surface area contributed by atoms with Crippen LogP contribution in [0.4, 0.5) is 5.13 Å². The molecule has 1 rings (SSSR count). The largest absolute Gasteiger partial charge is 0.383 e. The van der Waals surface area contributed by atoms with Crippen LogP contribution in [-0.4, -0.2) is 35.7 Å². The Labute approximate surface area is 97.8 Å². The summed E-state index contributed by atoms with van der Waals surface area (Å²) in [6.45, 7) is 1.36. The first kappa shape index (κ1) is 12.4. The molecule has 0 aliphatic carbocycles. The minimum absolute atomic E-state index is 0.111. The number of rotatable bonds is 4. The fraction of sp³-hybridized carbons (Fsp3) is 0.300. The average molecular weight is 239 g/mol. The van der Waals surface area contributed by atoms with Gasteiger partial charge < -0.3 is 4.90 Å². The lowest BCUT2D eigenvalue weighted by molar-refractivity contribution is -0.119. The summed E-state index contributed by atoms with van der Waals surface area (Å²) in [5.74, 6) is -0.709. The number of ketones is 1. The van der Waals surface area contributed by atoms with E-state index in [0.717, 1.165) is 0 Å². The minimum Gasteiger partial charge on any atom is -0.383 e. The van der Waals surface area contributed by atoms with E-state index in [1.807, 2.05) is 0 Å². The zero-order chi connectivity index (χ0) is 12.1. The van der Waals surface area contributed by atoms with Crippen molar-refractivity contribution in [3.63, 3.8) is 0 Å². The van der Waals surface area contributed by atoms with E-state index in [9.17, 15) is 9.59 Å². The van der Waals surface area contributed by atoms with E-state index in [1.165, 1.54) is 24.5 Å². The molecule has 0 unspecified atom stereocenters. The monoisotopic (exact) mass is 239 g/mol. The Kier molecular flexibility index (Phi) is 4.19. The van der Waals surface area contributed by atoms with E-state index < -0.39 is 5.91 Å². The van der Waals surface area contributed by atoms with Gasteiger partial charge >= 0.3 is 0 Å². The molecule has 1 N–H and O–H groups in total. The van der Waals surface area contributed by atoms with Crippen LogP contribution in [0.3, 0.4) is 0 Å². The standard InChI is InChI=1S/C10H13N3O2S/c1-7(14)8(6-13(2)3)9(15)12-10-11-4-5-16-10/h4-6H,1-3H3,(H,11,12,15). The lowest BCUT2D eigenvalue weighted by Gasteiger charge is -2.08. The van der Waals surface area contributed by atoms with Crippen LogP contribution in [0.1, 0.15) is 6.92 Å². The molecule has 0 bridgehead atoms. The Hall–Kier alpha value is -1.69. The average Bonchev–Trinajstić information content (AvgIpc) is 2.65. The van der Waals surface area contributed by atoms with E-state index in [1.54, 1.807) is 30.6 Å². The molecular weight excluding hydrogens is 226 g/mol. The van der Waals surface area contributed by atoms with Gasteiger partial charge in [0, 0.05) is 31.9 Å². The smallest absolute Gasteiger partial charge is 0.262 e. The Morgan fingerprint density at radius 2 is 2.19 bits per heavy atom. The molecule has 0 radical (unpaired) electrons. The number of nitrogens with one attached hydrogen (secondary N) is 1. The van der Waals surface area contributed by atoms with Gasteiger partial charge in [-0.1, -0.05) is 0 Å². The third-order valence-electron chi connectivity index (χ3n) is 1.66. The molecule has 0 saturated carbocycles. The van der Waals surface area contributed by atoms with Crippen molar-refractivity contribution in [1.82, 2.24) is 9.88 Å². The van der Waals surface area contributed by atoms with E-state index >= 15 is 0 Å². The highest BCUT2D eigenvalue weighted by atomic mass is 32.1. The van der Waals surface area contributed by atoms with Gasteiger partial charge in [0.25, 0.3) is 5.91 Å². The maximum atomic E-state index is 11.7. The molecule has 0 saturated heterocycles. The maximum Gasteiger partial charge on any atom is 0.262 e. The van der Waals surface area contributed by atoms with Crippen LogP contribution in [0.2, 0.25) is 0 Å². The molecule has 0 aliphatic rings.